The minimum absolute atomic E-state index is 0.113. The fraction of sp³-hybridized carbons (Fsp3) is 0.667. The molecule has 6 nitrogen and oxygen atoms in total. The third kappa shape index (κ3) is 2.64. The molecule has 1 aliphatic rings. The van der Waals surface area contributed by atoms with Crippen LogP contribution < -0.4 is 11.1 Å². The van der Waals surface area contributed by atoms with Crippen molar-refractivity contribution in [2.24, 2.45) is 0 Å². The van der Waals surface area contributed by atoms with Gasteiger partial charge < -0.3 is 16.2 Å². The van der Waals surface area contributed by atoms with Crippen LogP contribution >= 0.6 is 0 Å². The molecule has 1 amide bonds. The number of aromatic nitrogens is 2. The number of aliphatic hydroxyl groups excluding tert-OH is 1. The smallest absolute Gasteiger partial charge is 0.274 e. The zero-order valence-corrected chi connectivity index (χ0v) is 10.6. The van der Waals surface area contributed by atoms with Gasteiger partial charge in [0.15, 0.2) is 5.69 Å². The molecule has 6 heteroatoms. The van der Waals surface area contributed by atoms with E-state index >= 15 is 0 Å². The highest BCUT2D eigenvalue weighted by Crippen LogP contribution is 2.20. The molecule has 1 aromatic heterocycles. The zero-order chi connectivity index (χ0) is 13.1. The van der Waals surface area contributed by atoms with Gasteiger partial charge in [0.2, 0.25) is 0 Å². The molecule has 18 heavy (non-hydrogen) atoms. The van der Waals surface area contributed by atoms with Crippen LogP contribution in [0.25, 0.3) is 0 Å². The van der Waals surface area contributed by atoms with Gasteiger partial charge in [-0.25, -0.2) is 0 Å². The second-order valence-electron chi connectivity index (χ2n) is 4.80. The van der Waals surface area contributed by atoms with E-state index in [0.717, 1.165) is 37.8 Å². The molecular weight excluding hydrogens is 232 g/mol. The molecule has 1 aliphatic carbocycles. The highest BCUT2D eigenvalue weighted by Gasteiger charge is 2.23. The number of H-pyrrole nitrogens is 1. The van der Waals surface area contributed by atoms with E-state index in [9.17, 15) is 9.90 Å². The summed E-state index contributed by atoms with van der Waals surface area (Å²) in [6, 6.07) is 0.113. The molecule has 5 N–H and O–H groups in total. The quantitative estimate of drug-likeness (QED) is 0.632. The van der Waals surface area contributed by atoms with Gasteiger partial charge in [0.1, 0.15) is 0 Å². The van der Waals surface area contributed by atoms with Gasteiger partial charge in [-0.15, -0.1) is 0 Å². The number of carbonyl (C=O) groups excluding carboxylic acids is 1. The van der Waals surface area contributed by atoms with E-state index in [-0.39, 0.29) is 23.7 Å². The number of hydrogen-bond acceptors (Lipinski definition) is 4. The molecule has 2 rings (SSSR count). The highest BCUT2D eigenvalue weighted by molar-refractivity contribution is 5.97. The van der Waals surface area contributed by atoms with Crippen LogP contribution in [0.2, 0.25) is 0 Å². The molecule has 0 radical (unpaired) electrons. The summed E-state index contributed by atoms with van der Waals surface area (Å²) in [5.74, 6) is -0.232. The lowest BCUT2D eigenvalue weighted by Crippen LogP contribution is -2.39. The Kier molecular flexibility index (Phi) is 3.86. The summed E-state index contributed by atoms with van der Waals surface area (Å²) in [7, 11) is 0. The van der Waals surface area contributed by atoms with Crippen LogP contribution in [0, 0.1) is 0 Å². The third-order valence-electron chi connectivity index (χ3n) is 3.48. The van der Waals surface area contributed by atoms with Crippen molar-refractivity contribution in [3.05, 3.63) is 11.4 Å². The lowest BCUT2D eigenvalue weighted by Gasteiger charge is -2.25. The molecule has 1 heterocycles. The fourth-order valence-corrected chi connectivity index (χ4v) is 2.30. The molecule has 0 unspecified atom stereocenters. The first-order valence-electron chi connectivity index (χ1n) is 6.43. The number of aryl methyl sites for hydroxylation is 1. The summed E-state index contributed by atoms with van der Waals surface area (Å²) in [4.78, 5) is 12.0. The maximum atomic E-state index is 12.0. The second-order valence-corrected chi connectivity index (χ2v) is 4.80. The first-order chi connectivity index (χ1) is 8.61. The van der Waals surface area contributed by atoms with Gasteiger partial charge in [0.25, 0.3) is 5.91 Å². The van der Waals surface area contributed by atoms with Gasteiger partial charge in [0, 0.05) is 6.04 Å². The largest absolute Gasteiger partial charge is 0.395 e. The monoisotopic (exact) mass is 252 g/mol. The van der Waals surface area contributed by atoms with E-state index in [2.05, 4.69) is 15.5 Å². The van der Waals surface area contributed by atoms with E-state index in [1.54, 1.807) is 0 Å². The van der Waals surface area contributed by atoms with Crippen molar-refractivity contribution in [2.45, 2.75) is 51.2 Å². The predicted octanol–water partition coefficient (Wildman–Crippen LogP) is 0.588. The number of rotatable bonds is 3. The number of anilines is 1. The Morgan fingerprint density at radius 1 is 1.50 bits per heavy atom. The molecule has 0 aliphatic heterocycles. The van der Waals surface area contributed by atoms with Gasteiger partial charge in [-0.1, -0.05) is 6.92 Å². The maximum Gasteiger partial charge on any atom is 0.274 e. The third-order valence-corrected chi connectivity index (χ3v) is 3.48. The van der Waals surface area contributed by atoms with Crippen molar-refractivity contribution in [2.75, 3.05) is 5.73 Å². The maximum absolute atomic E-state index is 12.0. The number of nitrogen functional groups attached to an aromatic ring is 1. The Labute approximate surface area is 106 Å². The normalized spacial score (nSPS) is 23.9. The van der Waals surface area contributed by atoms with Crippen LogP contribution in [0.5, 0.6) is 0 Å². The lowest BCUT2D eigenvalue weighted by molar-refractivity contribution is 0.0864. The van der Waals surface area contributed by atoms with Crippen LogP contribution in [0.1, 0.15) is 48.8 Å². The van der Waals surface area contributed by atoms with E-state index in [1.165, 1.54) is 0 Å². The summed E-state index contributed by atoms with van der Waals surface area (Å²) >= 11 is 0. The predicted molar refractivity (Wildman–Crippen MR) is 68.1 cm³/mol. The molecule has 0 saturated heterocycles. The van der Waals surface area contributed by atoms with Crippen LogP contribution in [0.3, 0.4) is 0 Å². The van der Waals surface area contributed by atoms with Gasteiger partial charge >= 0.3 is 0 Å². The Morgan fingerprint density at radius 2 is 2.17 bits per heavy atom. The van der Waals surface area contributed by atoms with Gasteiger partial charge in [-0.05, 0) is 32.1 Å². The minimum Gasteiger partial charge on any atom is -0.395 e. The van der Waals surface area contributed by atoms with Crippen LogP contribution in [-0.2, 0) is 6.42 Å². The standard InChI is InChI=1S/C12H20N4O2/c1-2-9-10(13)11(16-15-9)12(18)14-7-3-5-8(17)6-4-7/h7-8,17H,2-6,13H2,1H3,(H,14,18)(H,15,16). The highest BCUT2D eigenvalue weighted by atomic mass is 16.3. The summed E-state index contributed by atoms with van der Waals surface area (Å²) in [6.07, 6.45) is 3.58. The average Bonchev–Trinajstić information content (AvgIpc) is 2.73. The number of amides is 1. The summed E-state index contributed by atoms with van der Waals surface area (Å²) in [5.41, 5.74) is 7.35. The molecule has 0 atom stereocenters. The number of hydrogen-bond donors (Lipinski definition) is 4. The number of nitrogens with two attached hydrogens (primary N) is 1. The first kappa shape index (κ1) is 12.9. The lowest BCUT2D eigenvalue weighted by atomic mass is 9.93. The minimum atomic E-state index is -0.232. The van der Waals surface area contributed by atoms with Crippen molar-refractivity contribution in [1.82, 2.24) is 15.5 Å². The molecule has 1 saturated carbocycles. The number of aliphatic hydroxyl groups is 1. The summed E-state index contributed by atoms with van der Waals surface area (Å²) in [5, 5.41) is 19.1. The second kappa shape index (κ2) is 5.39. The van der Waals surface area contributed by atoms with E-state index in [0.29, 0.717) is 5.69 Å². The molecule has 1 fully saturated rings. The number of nitrogens with zero attached hydrogens (tertiary/aromatic N) is 1. The van der Waals surface area contributed by atoms with E-state index in [1.807, 2.05) is 6.92 Å². The summed E-state index contributed by atoms with van der Waals surface area (Å²) < 4.78 is 0. The molecule has 100 valence electrons. The number of nitrogens with one attached hydrogen (secondary N) is 2. The van der Waals surface area contributed by atoms with Crippen LogP contribution in [-0.4, -0.2) is 33.4 Å². The average molecular weight is 252 g/mol. The topological polar surface area (TPSA) is 104 Å². The molecular formula is C12H20N4O2. The van der Waals surface area contributed by atoms with Gasteiger partial charge in [0.05, 0.1) is 17.5 Å². The zero-order valence-electron chi connectivity index (χ0n) is 10.6. The van der Waals surface area contributed by atoms with Crippen molar-refractivity contribution in [3.8, 4) is 0 Å². The fourth-order valence-electron chi connectivity index (χ4n) is 2.30. The van der Waals surface area contributed by atoms with Crippen molar-refractivity contribution in [1.29, 1.82) is 0 Å². The van der Waals surface area contributed by atoms with Crippen LogP contribution in [0.4, 0.5) is 5.69 Å². The molecule has 0 aromatic carbocycles. The van der Waals surface area contributed by atoms with Crippen molar-refractivity contribution in [3.63, 3.8) is 0 Å². The van der Waals surface area contributed by atoms with Gasteiger partial charge in [-0.3, -0.25) is 9.89 Å². The Bertz CT molecular complexity index is 422. The molecule has 0 spiro atoms. The van der Waals surface area contributed by atoms with Gasteiger partial charge in [-0.2, -0.15) is 5.10 Å². The Morgan fingerprint density at radius 3 is 2.72 bits per heavy atom. The SMILES string of the molecule is CCc1[nH]nc(C(=O)NC2CCC(O)CC2)c1N. The number of aromatic amines is 1. The van der Waals surface area contributed by atoms with Crippen molar-refractivity contribution < 1.29 is 9.90 Å². The van der Waals surface area contributed by atoms with Crippen molar-refractivity contribution >= 4 is 11.6 Å². The van der Waals surface area contributed by atoms with E-state index < -0.39 is 0 Å². The Balaban J connectivity index is 1.97. The van der Waals surface area contributed by atoms with Crippen LogP contribution in [0.15, 0.2) is 0 Å². The Hall–Kier alpha value is -1.56. The number of carbonyl (C=O) groups is 1. The summed E-state index contributed by atoms with van der Waals surface area (Å²) in [6.45, 7) is 1.95. The molecule has 1 aromatic rings. The first-order valence-corrected chi connectivity index (χ1v) is 6.43. The molecule has 0 bridgehead atoms. The van der Waals surface area contributed by atoms with E-state index in [4.69, 9.17) is 5.73 Å².